The Balaban J connectivity index is 1.92. The van der Waals surface area contributed by atoms with Gasteiger partial charge < -0.3 is 14.0 Å². The van der Waals surface area contributed by atoms with Crippen molar-refractivity contribution in [3.8, 4) is 22.1 Å². The van der Waals surface area contributed by atoms with E-state index in [1.54, 1.807) is 30.3 Å². The third-order valence-corrected chi connectivity index (χ3v) is 6.97. The summed E-state index contributed by atoms with van der Waals surface area (Å²) in [5, 5.41) is 3.93. The van der Waals surface area contributed by atoms with Crippen LogP contribution in [0.15, 0.2) is 39.1 Å². The quantitative estimate of drug-likeness (QED) is 0.570. The molecule has 0 radical (unpaired) electrons. The molecule has 3 rings (SSSR count). The van der Waals surface area contributed by atoms with Crippen molar-refractivity contribution in [1.29, 1.82) is 0 Å². The molecule has 2 heterocycles. The first-order chi connectivity index (χ1) is 13.4. The molecule has 0 saturated heterocycles. The van der Waals surface area contributed by atoms with Crippen LogP contribution in [0, 0.1) is 13.8 Å². The molecule has 0 atom stereocenters. The van der Waals surface area contributed by atoms with E-state index in [1.165, 1.54) is 0 Å². The summed E-state index contributed by atoms with van der Waals surface area (Å²) in [4.78, 5) is 0.701. The van der Waals surface area contributed by atoms with E-state index in [0.29, 0.717) is 41.0 Å². The Morgan fingerprint density at radius 1 is 1.11 bits per heavy atom. The Kier molecular flexibility index (Phi) is 5.95. The predicted molar refractivity (Wildman–Crippen MR) is 109 cm³/mol. The van der Waals surface area contributed by atoms with E-state index in [1.807, 2.05) is 27.7 Å². The molecule has 9 heteroatoms. The minimum absolute atomic E-state index is 0.167. The van der Waals surface area contributed by atoms with Crippen LogP contribution < -0.4 is 14.2 Å². The minimum Gasteiger partial charge on any atom is -0.494 e. The van der Waals surface area contributed by atoms with Crippen LogP contribution in [-0.4, -0.2) is 26.8 Å². The van der Waals surface area contributed by atoms with Crippen LogP contribution in [0.25, 0.3) is 10.6 Å². The van der Waals surface area contributed by atoms with Gasteiger partial charge in [-0.25, -0.2) is 8.42 Å². The average Bonchev–Trinajstić information content (AvgIpc) is 3.26. The number of nitrogens with one attached hydrogen (secondary N) is 1. The fraction of sp³-hybridized carbons (Fsp3) is 0.316. The van der Waals surface area contributed by atoms with Crippen LogP contribution in [0.3, 0.4) is 0 Å². The van der Waals surface area contributed by atoms with Crippen molar-refractivity contribution < 1.29 is 22.4 Å². The smallest absolute Gasteiger partial charge is 0.271 e. The number of hydrogen-bond donors (Lipinski definition) is 1. The first kappa shape index (κ1) is 20.2. The van der Waals surface area contributed by atoms with E-state index in [0.717, 1.165) is 22.6 Å². The summed E-state index contributed by atoms with van der Waals surface area (Å²) in [6, 6.07) is 8.31. The molecule has 0 aliphatic rings. The number of aromatic nitrogens is 1. The van der Waals surface area contributed by atoms with Crippen LogP contribution >= 0.6 is 11.3 Å². The van der Waals surface area contributed by atoms with Crippen molar-refractivity contribution in [2.24, 2.45) is 0 Å². The van der Waals surface area contributed by atoms with Gasteiger partial charge in [0.05, 0.1) is 29.5 Å². The number of ether oxygens (including phenoxy) is 2. The van der Waals surface area contributed by atoms with Gasteiger partial charge in [-0.15, -0.1) is 11.3 Å². The van der Waals surface area contributed by atoms with Gasteiger partial charge in [-0.1, -0.05) is 5.16 Å². The van der Waals surface area contributed by atoms with Gasteiger partial charge in [0.25, 0.3) is 10.0 Å². The summed E-state index contributed by atoms with van der Waals surface area (Å²) >= 11 is 1.12. The molecule has 0 amide bonds. The molecular weight excluding hydrogens is 400 g/mol. The highest BCUT2D eigenvalue weighted by Crippen LogP contribution is 2.36. The molecule has 0 aliphatic heterocycles. The van der Waals surface area contributed by atoms with Gasteiger partial charge in [0.15, 0.2) is 5.76 Å². The van der Waals surface area contributed by atoms with Gasteiger partial charge in [-0.2, -0.15) is 0 Å². The number of sulfonamides is 1. The molecular formula is C19H22N2O5S2. The highest BCUT2D eigenvalue weighted by atomic mass is 32.2. The molecule has 150 valence electrons. The molecule has 7 nitrogen and oxygen atoms in total. The van der Waals surface area contributed by atoms with Crippen molar-refractivity contribution in [2.45, 2.75) is 31.9 Å². The normalized spacial score (nSPS) is 11.4. The van der Waals surface area contributed by atoms with Crippen molar-refractivity contribution in [2.75, 3.05) is 17.9 Å². The second-order valence-corrected chi connectivity index (χ2v) is 8.96. The summed E-state index contributed by atoms with van der Waals surface area (Å²) in [6.45, 7) is 8.32. The third kappa shape index (κ3) is 4.15. The number of rotatable bonds is 8. The molecule has 3 aromatic rings. The van der Waals surface area contributed by atoms with E-state index in [4.69, 9.17) is 14.0 Å². The van der Waals surface area contributed by atoms with Crippen molar-refractivity contribution in [3.05, 3.63) is 41.6 Å². The van der Waals surface area contributed by atoms with Crippen LogP contribution in [0.4, 0.5) is 5.69 Å². The number of anilines is 1. The zero-order valence-corrected chi connectivity index (χ0v) is 17.7. The Bertz CT molecular complexity index is 1070. The lowest BCUT2D eigenvalue weighted by Crippen LogP contribution is -2.12. The summed E-state index contributed by atoms with van der Waals surface area (Å²) in [5.41, 5.74) is 2.00. The average molecular weight is 423 g/mol. The molecule has 1 aromatic carbocycles. The first-order valence-corrected chi connectivity index (χ1v) is 11.1. The lowest BCUT2D eigenvalue weighted by atomic mass is 10.2. The third-order valence-electron chi connectivity index (χ3n) is 4.03. The van der Waals surface area contributed by atoms with E-state index < -0.39 is 10.0 Å². The number of hydrogen-bond acceptors (Lipinski definition) is 7. The number of nitrogens with zero attached hydrogens (tertiary/aromatic N) is 1. The maximum atomic E-state index is 12.9. The number of benzene rings is 1. The van der Waals surface area contributed by atoms with Gasteiger partial charge in [-0.3, -0.25) is 4.72 Å². The van der Waals surface area contributed by atoms with Gasteiger partial charge >= 0.3 is 0 Å². The van der Waals surface area contributed by atoms with E-state index in [2.05, 4.69) is 9.88 Å². The number of aryl methyl sites for hydroxylation is 1. The maximum Gasteiger partial charge on any atom is 0.271 e. The Labute approximate surface area is 168 Å². The van der Waals surface area contributed by atoms with Gasteiger partial charge in [0.1, 0.15) is 15.7 Å². The Morgan fingerprint density at radius 3 is 2.50 bits per heavy atom. The zero-order chi connectivity index (χ0) is 20.3. The molecule has 0 unspecified atom stereocenters. The van der Waals surface area contributed by atoms with E-state index in [-0.39, 0.29) is 4.21 Å². The summed E-state index contributed by atoms with van der Waals surface area (Å²) in [5.74, 6) is 1.58. The van der Waals surface area contributed by atoms with E-state index in [9.17, 15) is 8.42 Å². The summed E-state index contributed by atoms with van der Waals surface area (Å²) < 4.78 is 44.9. The topological polar surface area (TPSA) is 90.7 Å². The van der Waals surface area contributed by atoms with Gasteiger partial charge in [0, 0.05) is 11.6 Å². The predicted octanol–water partition coefficient (Wildman–Crippen LogP) is 4.62. The minimum atomic E-state index is -3.81. The molecule has 28 heavy (non-hydrogen) atoms. The van der Waals surface area contributed by atoms with Gasteiger partial charge in [0.2, 0.25) is 0 Å². The SMILES string of the molecule is CCOc1ccc(OCC)c(NS(=O)(=O)c2ccc(-c3onc(C)c3C)s2)c1. The van der Waals surface area contributed by atoms with Gasteiger partial charge in [-0.05, 0) is 52.0 Å². The fourth-order valence-corrected chi connectivity index (χ4v) is 4.96. The lowest BCUT2D eigenvalue weighted by molar-refractivity contribution is 0.332. The Morgan fingerprint density at radius 2 is 1.86 bits per heavy atom. The molecule has 0 aliphatic carbocycles. The first-order valence-electron chi connectivity index (χ1n) is 8.81. The van der Waals surface area contributed by atoms with Crippen molar-refractivity contribution in [3.63, 3.8) is 0 Å². The van der Waals surface area contributed by atoms with Crippen LogP contribution in [0.2, 0.25) is 0 Å². The molecule has 0 spiro atoms. The highest BCUT2D eigenvalue weighted by molar-refractivity contribution is 7.94. The standard InChI is InChI=1S/C19H22N2O5S2/c1-5-24-14-7-8-16(25-6-2)15(11-14)21-28(22,23)18-10-9-17(27-18)19-12(3)13(4)20-26-19/h7-11,21H,5-6H2,1-4H3. The Hall–Kier alpha value is -2.52. The monoisotopic (exact) mass is 422 g/mol. The van der Waals surface area contributed by atoms with Crippen molar-refractivity contribution >= 4 is 27.0 Å². The molecule has 2 aromatic heterocycles. The van der Waals surface area contributed by atoms with Crippen molar-refractivity contribution in [1.82, 2.24) is 5.16 Å². The maximum absolute atomic E-state index is 12.9. The summed E-state index contributed by atoms with van der Waals surface area (Å²) in [7, 11) is -3.81. The second-order valence-electron chi connectivity index (χ2n) is 5.97. The lowest BCUT2D eigenvalue weighted by Gasteiger charge is -2.14. The van der Waals surface area contributed by atoms with Crippen LogP contribution in [0.5, 0.6) is 11.5 Å². The van der Waals surface area contributed by atoms with E-state index >= 15 is 0 Å². The van der Waals surface area contributed by atoms with Crippen LogP contribution in [-0.2, 0) is 10.0 Å². The second kappa shape index (κ2) is 8.24. The largest absolute Gasteiger partial charge is 0.494 e. The highest BCUT2D eigenvalue weighted by Gasteiger charge is 2.22. The number of thiophene rings is 1. The molecule has 1 N–H and O–H groups in total. The fourth-order valence-electron chi connectivity index (χ4n) is 2.55. The molecule has 0 saturated carbocycles. The summed E-state index contributed by atoms with van der Waals surface area (Å²) in [6.07, 6.45) is 0. The molecule has 0 fully saturated rings. The zero-order valence-electron chi connectivity index (χ0n) is 16.1. The molecule has 0 bridgehead atoms. The van der Waals surface area contributed by atoms with Crippen LogP contribution in [0.1, 0.15) is 25.1 Å².